The van der Waals surface area contributed by atoms with E-state index in [0.717, 1.165) is 9.26 Å². The third kappa shape index (κ3) is 5.38. The molecule has 26 heavy (non-hydrogen) atoms. The van der Waals surface area contributed by atoms with Crippen molar-refractivity contribution < 1.29 is 4.79 Å². The summed E-state index contributed by atoms with van der Waals surface area (Å²) >= 11 is 2.21. The van der Waals surface area contributed by atoms with Gasteiger partial charge >= 0.3 is 0 Å². The molecule has 0 unspecified atom stereocenters. The molecule has 3 rings (SSSR count). The topological polar surface area (TPSA) is 91.8 Å². The number of amides is 1. The van der Waals surface area contributed by atoms with Crippen molar-refractivity contribution in [2.45, 2.75) is 0 Å². The predicted octanol–water partition coefficient (Wildman–Crippen LogP) is 3.06. The molecule has 0 fully saturated rings. The summed E-state index contributed by atoms with van der Waals surface area (Å²) < 4.78 is 1.10. The summed E-state index contributed by atoms with van der Waals surface area (Å²) in [6.45, 7) is 1.05. The second-order valence-corrected chi connectivity index (χ2v) is 6.60. The summed E-state index contributed by atoms with van der Waals surface area (Å²) in [5.41, 5.74) is 1.55. The van der Waals surface area contributed by atoms with E-state index in [1.165, 1.54) is 0 Å². The Morgan fingerprint density at radius 1 is 0.885 bits per heavy atom. The van der Waals surface area contributed by atoms with E-state index >= 15 is 0 Å². The van der Waals surface area contributed by atoms with E-state index in [2.05, 4.69) is 53.7 Å². The zero-order valence-corrected chi connectivity index (χ0v) is 16.0. The SMILES string of the molecule is O=C(NCCNc1ccc(Nc2ccncc2)nn1)c1ccc(I)cc1. The van der Waals surface area contributed by atoms with Gasteiger partial charge in [-0.1, -0.05) is 0 Å². The number of halogens is 1. The van der Waals surface area contributed by atoms with Crippen molar-refractivity contribution in [3.63, 3.8) is 0 Å². The van der Waals surface area contributed by atoms with Crippen LogP contribution in [0, 0.1) is 3.57 Å². The molecule has 0 aliphatic carbocycles. The molecular weight excluding hydrogens is 443 g/mol. The first-order valence-corrected chi connectivity index (χ1v) is 9.07. The monoisotopic (exact) mass is 460 g/mol. The van der Waals surface area contributed by atoms with Gasteiger partial charge in [0.2, 0.25) is 0 Å². The Morgan fingerprint density at radius 2 is 1.58 bits per heavy atom. The molecule has 0 atom stereocenters. The van der Waals surface area contributed by atoms with Crippen molar-refractivity contribution in [3.8, 4) is 0 Å². The van der Waals surface area contributed by atoms with Crippen molar-refractivity contribution in [2.75, 3.05) is 23.7 Å². The van der Waals surface area contributed by atoms with Gasteiger partial charge < -0.3 is 16.0 Å². The Kier molecular flexibility index (Phi) is 6.31. The Balaban J connectivity index is 1.42. The van der Waals surface area contributed by atoms with E-state index in [4.69, 9.17) is 0 Å². The van der Waals surface area contributed by atoms with Gasteiger partial charge in [0, 0.05) is 40.3 Å². The molecule has 1 aromatic carbocycles. The highest BCUT2D eigenvalue weighted by Gasteiger charge is 2.04. The van der Waals surface area contributed by atoms with E-state index in [0.29, 0.717) is 30.3 Å². The summed E-state index contributed by atoms with van der Waals surface area (Å²) in [5, 5.41) is 17.3. The Morgan fingerprint density at radius 3 is 2.27 bits per heavy atom. The van der Waals surface area contributed by atoms with Gasteiger partial charge in [-0.25, -0.2) is 0 Å². The molecule has 0 radical (unpaired) electrons. The molecule has 3 N–H and O–H groups in total. The number of pyridine rings is 1. The Labute approximate surface area is 164 Å². The number of hydrogen-bond acceptors (Lipinski definition) is 6. The number of anilines is 3. The fraction of sp³-hybridized carbons (Fsp3) is 0.111. The first-order chi connectivity index (χ1) is 12.7. The van der Waals surface area contributed by atoms with Crippen molar-refractivity contribution in [3.05, 3.63) is 70.1 Å². The summed E-state index contributed by atoms with van der Waals surface area (Å²) in [7, 11) is 0. The zero-order valence-electron chi connectivity index (χ0n) is 13.8. The highest BCUT2D eigenvalue weighted by molar-refractivity contribution is 14.1. The second kappa shape index (κ2) is 9.09. The lowest BCUT2D eigenvalue weighted by atomic mass is 10.2. The molecule has 7 nitrogen and oxygen atoms in total. The lowest BCUT2D eigenvalue weighted by Gasteiger charge is -2.08. The van der Waals surface area contributed by atoms with Crippen LogP contribution in [0.25, 0.3) is 0 Å². The third-order valence-corrected chi connectivity index (χ3v) is 4.16. The Bertz CT molecular complexity index is 840. The summed E-state index contributed by atoms with van der Waals surface area (Å²) in [6, 6.07) is 14.8. The first kappa shape index (κ1) is 18.1. The molecule has 0 aliphatic rings. The summed E-state index contributed by atoms with van der Waals surface area (Å²) in [4.78, 5) is 16.0. The van der Waals surface area contributed by atoms with Crippen LogP contribution >= 0.6 is 22.6 Å². The highest BCUT2D eigenvalue weighted by Crippen LogP contribution is 2.13. The average molecular weight is 460 g/mol. The maximum Gasteiger partial charge on any atom is 0.251 e. The molecule has 0 saturated heterocycles. The van der Waals surface area contributed by atoms with Crippen molar-refractivity contribution in [1.29, 1.82) is 0 Å². The van der Waals surface area contributed by atoms with Gasteiger partial charge in [0.1, 0.15) is 5.82 Å². The number of nitrogens with one attached hydrogen (secondary N) is 3. The number of carbonyl (C=O) groups excluding carboxylic acids is 1. The van der Waals surface area contributed by atoms with Crippen LogP contribution in [0.5, 0.6) is 0 Å². The standard InChI is InChI=1S/C18H17IN6O/c19-14-3-1-13(2-4-14)18(26)22-12-11-21-16-5-6-17(25-24-16)23-15-7-9-20-10-8-15/h1-10H,11-12H2,(H,21,24)(H,22,26)(H,20,23,25). The number of benzene rings is 1. The fourth-order valence-corrected chi connectivity index (χ4v) is 2.51. The van der Waals surface area contributed by atoms with Gasteiger partial charge in [0.25, 0.3) is 5.91 Å². The molecule has 2 heterocycles. The number of carbonyl (C=O) groups is 1. The molecule has 0 bridgehead atoms. The highest BCUT2D eigenvalue weighted by atomic mass is 127. The lowest BCUT2D eigenvalue weighted by Crippen LogP contribution is -2.28. The number of aromatic nitrogens is 3. The minimum atomic E-state index is -0.0915. The number of rotatable bonds is 7. The van der Waals surface area contributed by atoms with E-state index < -0.39 is 0 Å². The molecule has 132 valence electrons. The van der Waals surface area contributed by atoms with E-state index in [1.807, 2.05) is 48.5 Å². The molecular formula is C18H17IN6O. The fourth-order valence-electron chi connectivity index (χ4n) is 2.15. The van der Waals surface area contributed by atoms with Crippen LogP contribution in [0.2, 0.25) is 0 Å². The Hall–Kier alpha value is -2.75. The van der Waals surface area contributed by atoms with Crippen LogP contribution in [-0.2, 0) is 0 Å². The van der Waals surface area contributed by atoms with E-state index in [9.17, 15) is 4.79 Å². The van der Waals surface area contributed by atoms with Gasteiger partial charge in [-0.05, 0) is 71.1 Å². The first-order valence-electron chi connectivity index (χ1n) is 7.99. The van der Waals surface area contributed by atoms with Crippen LogP contribution in [-0.4, -0.2) is 34.2 Å². The van der Waals surface area contributed by atoms with Crippen LogP contribution < -0.4 is 16.0 Å². The minimum absolute atomic E-state index is 0.0915. The normalized spacial score (nSPS) is 10.2. The summed E-state index contributed by atoms with van der Waals surface area (Å²) in [5.74, 6) is 1.20. The second-order valence-electron chi connectivity index (χ2n) is 5.35. The molecule has 3 aromatic rings. The summed E-state index contributed by atoms with van der Waals surface area (Å²) in [6.07, 6.45) is 3.41. The molecule has 0 aliphatic heterocycles. The van der Waals surface area contributed by atoms with Gasteiger partial charge in [-0.15, -0.1) is 10.2 Å². The third-order valence-electron chi connectivity index (χ3n) is 3.44. The van der Waals surface area contributed by atoms with Crippen molar-refractivity contribution in [1.82, 2.24) is 20.5 Å². The zero-order chi connectivity index (χ0) is 18.2. The van der Waals surface area contributed by atoms with Crippen LogP contribution in [0.1, 0.15) is 10.4 Å². The largest absolute Gasteiger partial charge is 0.367 e. The molecule has 2 aromatic heterocycles. The maximum absolute atomic E-state index is 12.0. The average Bonchev–Trinajstić information content (AvgIpc) is 2.68. The van der Waals surface area contributed by atoms with Gasteiger partial charge in [0.05, 0.1) is 0 Å². The van der Waals surface area contributed by atoms with E-state index in [-0.39, 0.29) is 5.91 Å². The smallest absolute Gasteiger partial charge is 0.251 e. The number of hydrogen-bond donors (Lipinski definition) is 3. The lowest BCUT2D eigenvalue weighted by molar-refractivity contribution is 0.0955. The molecule has 8 heteroatoms. The molecule has 1 amide bonds. The van der Waals surface area contributed by atoms with Crippen LogP contribution in [0.15, 0.2) is 60.9 Å². The van der Waals surface area contributed by atoms with Crippen molar-refractivity contribution >= 4 is 45.8 Å². The van der Waals surface area contributed by atoms with Gasteiger partial charge in [-0.3, -0.25) is 9.78 Å². The maximum atomic E-state index is 12.0. The minimum Gasteiger partial charge on any atom is -0.367 e. The molecule has 0 saturated carbocycles. The van der Waals surface area contributed by atoms with Gasteiger partial charge in [-0.2, -0.15) is 0 Å². The number of nitrogens with zero attached hydrogens (tertiary/aromatic N) is 3. The van der Waals surface area contributed by atoms with Crippen LogP contribution in [0.4, 0.5) is 17.3 Å². The predicted molar refractivity (Wildman–Crippen MR) is 110 cm³/mol. The molecule has 0 spiro atoms. The van der Waals surface area contributed by atoms with Gasteiger partial charge in [0.15, 0.2) is 5.82 Å². The van der Waals surface area contributed by atoms with Crippen molar-refractivity contribution in [2.24, 2.45) is 0 Å². The van der Waals surface area contributed by atoms with Crippen LogP contribution in [0.3, 0.4) is 0 Å². The quantitative estimate of drug-likeness (QED) is 0.371. The van der Waals surface area contributed by atoms with E-state index in [1.54, 1.807) is 12.4 Å².